The molecule has 0 spiro atoms. The lowest BCUT2D eigenvalue weighted by atomic mass is 9.76. The van der Waals surface area contributed by atoms with Crippen LogP contribution in [0.25, 0.3) is 0 Å². The Balaban J connectivity index is 1.59. The molecule has 4 rings (SSSR count). The minimum atomic E-state index is -0.744. The van der Waals surface area contributed by atoms with Gasteiger partial charge in [0.15, 0.2) is 5.82 Å². The normalized spacial score (nSPS) is 24.8. The van der Waals surface area contributed by atoms with Gasteiger partial charge in [-0.25, -0.2) is 9.37 Å². The van der Waals surface area contributed by atoms with Gasteiger partial charge in [-0.3, -0.25) is 14.4 Å². The average Bonchev–Trinajstić information content (AvgIpc) is 3.11. The molecule has 30 heavy (non-hydrogen) atoms. The van der Waals surface area contributed by atoms with Gasteiger partial charge in [-0.15, -0.1) is 0 Å². The number of aromatic nitrogens is 3. The molecule has 0 unspecified atom stereocenters. The fourth-order valence-electron chi connectivity index (χ4n) is 4.40. The number of primary amides is 1. The molecule has 158 valence electrons. The van der Waals surface area contributed by atoms with Crippen LogP contribution >= 0.6 is 0 Å². The number of amides is 1. The third-order valence-corrected chi connectivity index (χ3v) is 6.13. The van der Waals surface area contributed by atoms with E-state index in [-0.39, 0.29) is 17.8 Å². The number of nitrogens with one attached hydrogen (secondary N) is 1. The molecule has 3 heterocycles. The Bertz CT molecular complexity index is 972. The number of nitriles is 1. The summed E-state index contributed by atoms with van der Waals surface area (Å²) in [6.07, 6.45) is 5.34. The molecule has 1 aliphatic carbocycles. The van der Waals surface area contributed by atoms with Crippen LogP contribution in [0.3, 0.4) is 0 Å². The van der Waals surface area contributed by atoms with Crippen molar-refractivity contribution in [1.29, 1.82) is 5.26 Å². The fraction of sp³-hybridized carbons (Fsp3) is 0.500. The van der Waals surface area contributed by atoms with Gasteiger partial charge in [0.05, 0.1) is 18.0 Å². The van der Waals surface area contributed by atoms with E-state index in [1.807, 2.05) is 0 Å². The number of alkyl halides is 1. The van der Waals surface area contributed by atoms with Crippen LogP contribution in [0.4, 0.5) is 20.3 Å². The van der Waals surface area contributed by atoms with E-state index in [0.717, 1.165) is 12.8 Å². The summed E-state index contributed by atoms with van der Waals surface area (Å²) in [5.74, 6) is -1.13. The van der Waals surface area contributed by atoms with E-state index in [1.165, 1.54) is 12.3 Å². The van der Waals surface area contributed by atoms with Crippen LogP contribution in [0.5, 0.6) is 0 Å². The summed E-state index contributed by atoms with van der Waals surface area (Å²) in [5.41, 5.74) is 5.51. The summed E-state index contributed by atoms with van der Waals surface area (Å²) >= 11 is 0. The van der Waals surface area contributed by atoms with Crippen LogP contribution in [-0.2, 0) is 5.54 Å². The molecule has 2 aliphatic rings. The Kier molecular flexibility index (Phi) is 5.39. The van der Waals surface area contributed by atoms with Crippen molar-refractivity contribution in [2.45, 2.75) is 49.9 Å². The van der Waals surface area contributed by atoms with Crippen molar-refractivity contribution in [2.75, 3.05) is 18.4 Å². The first-order chi connectivity index (χ1) is 14.4. The van der Waals surface area contributed by atoms with Gasteiger partial charge in [0.2, 0.25) is 5.95 Å². The number of anilines is 2. The van der Waals surface area contributed by atoms with Crippen LogP contribution in [0.15, 0.2) is 24.5 Å². The third kappa shape index (κ3) is 3.85. The van der Waals surface area contributed by atoms with Crippen molar-refractivity contribution in [3.63, 3.8) is 0 Å². The lowest BCUT2D eigenvalue weighted by Crippen LogP contribution is -2.55. The highest BCUT2D eigenvalue weighted by Crippen LogP contribution is 2.41. The maximum absolute atomic E-state index is 13.4. The zero-order chi connectivity index (χ0) is 21.3. The molecular formula is C20H23F2N7O. The predicted molar refractivity (Wildman–Crippen MR) is 105 cm³/mol. The Hall–Kier alpha value is -3.06. The number of nitrogens with zero attached hydrogens (tertiary/aromatic N) is 5. The number of carbonyl (C=O) groups excluding carboxylic acids is 1. The first-order valence-electron chi connectivity index (χ1n) is 9.94. The van der Waals surface area contributed by atoms with Gasteiger partial charge in [0, 0.05) is 43.3 Å². The lowest BCUT2D eigenvalue weighted by molar-refractivity contribution is -0.00396. The molecule has 0 atom stereocenters. The number of rotatable bonds is 6. The summed E-state index contributed by atoms with van der Waals surface area (Å²) in [6.45, 7) is 0.945. The zero-order valence-electron chi connectivity index (χ0n) is 16.4. The van der Waals surface area contributed by atoms with Crippen molar-refractivity contribution in [3.05, 3.63) is 36.0 Å². The zero-order valence-corrected chi connectivity index (χ0v) is 16.4. The van der Waals surface area contributed by atoms with E-state index in [9.17, 15) is 18.8 Å². The van der Waals surface area contributed by atoms with Gasteiger partial charge in [-0.05, 0) is 31.7 Å². The Morgan fingerprint density at radius 1 is 1.40 bits per heavy atom. The van der Waals surface area contributed by atoms with E-state index >= 15 is 0 Å². The summed E-state index contributed by atoms with van der Waals surface area (Å²) < 4.78 is 28.3. The molecule has 2 aromatic heterocycles. The minimum Gasteiger partial charge on any atom is -0.365 e. The second kappa shape index (κ2) is 7.99. The second-order valence-electron chi connectivity index (χ2n) is 8.03. The van der Waals surface area contributed by atoms with Gasteiger partial charge in [0.1, 0.15) is 11.7 Å². The highest BCUT2D eigenvalue weighted by Gasteiger charge is 2.42. The Morgan fingerprint density at radius 2 is 2.13 bits per heavy atom. The molecule has 1 amide bonds. The molecule has 2 fully saturated rings. The smallest absolute Gasteiger partial charge is 0.254 e. The first kappa shape index (κ1) is 20.2. The first-order valence-corrected chi connectivity index (χ1v) is 9.94. The van der Waals surface area contributed by atoms with Gasteiger partial charge in [-0.2, -0.15) is 14.8 Å². The number of nitrogens with two attached hydrogens (primary N) is 1. The quantitative estimate of drug-likeness (QED) is 0.701. The molecule has 1 saturated carbocycles. The van der Waals surface area contributed by atoms with Gasteiger partial charge in [0.25, 0.3) is 5.91 Å². The van der Waals surface area contributed by atoms with Crippen molar-refractivity contribution in [1.82, 2.24) is 19.7 Å². The van der Waals surface area contributed by atoms with E-state index in [0.29, 0.717) is 37.7 Å². The molecule has 1 saturated heterocycles. The standard InChI is InChI=1S/C20H23F2N7O/c21-13-10-28(11-13)15-1-4-20(5-2-15,6-7-23)29-12-16(18(24)30)19(27-29)26-14-3-8-25-17(22)9-14/h3,8-9,12-13,15H,1-2,4-6,10-11H2,(H2,24,30)(H,25,26,27). The number of hydrogen-bond donors (Lipinski definition) is 2. The molecular weight excluding hydrogens is 392 g/mol. The molecule has 8 nitrogen and oxygen atoms in total. The number of pyridine rings is 1. The number of hydrogen-bond acceptors (Lipinski definition) is 6. The third-order valence-electron chi connectivity index (χ3n) is 6.13. The lowest BCUT2D eigenvalue weighted by Gasteiger charge is -2.46. The van der Waals surface area contributed by atoms with Gasteiger partial charge in [-0.1, -0.05) is 0 Å². The minimum absolute atomic E-state index is 0.162. The number of halogens is 2. The topological polar surface area (TPSA) is 113 Å². The summed E-state index contributed by atoms with van der Waals surface area (Å²) in [6, 6.07) is 5.28. The van der Waals surface area contributed by atoms with Gasteiger partial charge < -0.3 is 11.1 Å². The molecule has 2 aromatic rings. The Morgan fingerprint density at radius 3 is 2.73 bits per heavy atom. The Labute approximate surface area is 172 Å². The van der Waals surface area contributed by atoms with Crippen LogP contribution in [0.1, 0.15) is 42.5 Å². The van der Waals surface area contributed by atoms with Crippen molar-refractivity contribution < 1.29 is 13.6 Å². The highest BCUT2D eigenvalue weighted by molar-refractivity contribution is 5.98. The van der Waals surface area contributed by atoms with E-state index in [2.05, 4.69) is 26.4 Å². The summed E-state index contributed by atoms with van der Waals surface area (Å²) in [4.78, 5) is 17.6. The van der Waals surface area contributed by atoms with Crippen LogP contribution in [-0.4, -0.2) is 50.9 Å². The molecule has 3 N–H and O–H groups in total. The van der Waals surface area contributed by atoms with Crippen LogP contribution < -0.4 is 11.1 Å². The van der Waals surface area contributed by atoms with Crippen molar-refractivity contribution in [2.24, 2.45) is 5.73 Å². The van der Waals surface area contributed by atoms with E-state index < -0.39 is 23.6 Å². The average molecular weight is 415 g/mol. The monoisotopic (exact) mass is 415 g/mol. The van der Waals surface area contributed by atoms with Crippen molar-refractivity contribution in [3.8, 4) is 6.07 Å². The number of likely N-dealkylation sites (tertiary alicyclic amines) is 1. The maximum atomic E-state index is 13.4. The van der Waals surface area contributed by atoms with Crippen LogP contribution in [0.2, 0.25) is 0 Å². The molecule has 10 heteroatoms. The van der Waals surface area contributed by atoms with Crippen LogP contribution in [0, 0.1) is 17.3 Å². The molecule has 0 aromatic carbocycles. The molecule has 1 aliphatic heterocycles. The van der Waals surface area contributed by atoms with Gasteiger partial charge >= 0.3 is 0 Å². The number of carbonyl (C=O) groups is 1. The van der Waals surface area contributed by atoms with Crippen molar-refractivity contribution >= 4 is 17.4 Å². The fourth-order valence-corrected chi connectivity index (χ4v) is 4.40. The van der Waals surface area contributed by atoms with E-state index in [1.54, 1.807) is 16.9 Å². The van der Waals surface area contributed by atoms with E-state index in [4.69, 9.17) is 5.73 Å². The largest absolute Gasteiger partial charge is 0.365 e. The highest BCUT2D eigenvalue weighted by atomic mass is 19.1. The summed E-state index contributed by atoms with van der Waals surface area (Å²) in [5, 5.41) is 16.9. The summed E-state index contributed by atoms with van der Waals surface area (Å²) in [7, 11) is 0. The molecule has 0 radical (unpaired) electrons. The SMILES string of the molecule is N#CCC1(n2cc(C(N)=O)c(Nc3ccnc(F)c3)n2)CCC(N2CC(F)C2)CC1. The second-order valence-corrected chi connectivity index (χ2v) is 8.03. The maximum Gasteiger partial charge on any atom is 0.254 e. The molecule has 0 bridgehead atoms. The predicted octanol–water partition coefficient (Wildman–Crippen LogP) is 2.46.